The van der Waals surface area contributed by atoms with Gasteiger partial charge in [0.05, 0.1) is 11.5 Å². The molecular weight excluding hydrogens is 485 g/mol. The van der Waals surface area contributed by atoms with Crippen LogP contribution in [0, 0.1) is 10.1 Å². The van der Waals surface area contributed by atoms with Crippen LogP contribution in [0.2, 0.25) is 0 Å². The fourth-order valence-electron chi connectivity index (χ4n) is 2.63. The summed E-state index contributed by atoms with van der Waals surface area (Å²) in [6.45, 7) is 9.48. The number of nitro benzene ring substituents is 1. The Bertz CT molecular complexity index is 672. The smallest absolute Gasteiger partial charge is 0.269 e. The Morgan fingerprint density at radius 1 is 1.21 bits per heavy atom. The molecule has 0 heterocycles. The van der Waals surface area contributed by atoms with Crippen molar-refractivity contribution in [1.82, 2.24) is 15.5 Å². The van der Waals surface area contributed by atoms with E-state index in [-0.39, 0.29) is 52.6 Å². The summed E-state index contributed by atoms with van der Waals surface area (Å²) in [5, 5.41) is 16.8. The fourth-order valence-corrected chi connectivity index (χ4v) is 2.63. The van der Waals surface area contributed by atoms with Crippen LogP contribution in [-0.4, -0.2) is 53.9 Å². The van der Waals surface area contributed by atoms with Crippen molar-refractivity contribution < 1.29 is 9.72 Å². The van der Waals surface area contributed by atoms with Crippen LogP contribution in [0.25, 0.3) is 0 Å². The maximum atomic E-state index is 12.1. The largest absolute Gasteiger partial charge is 0.357 e. The minimum absolute atomic E-state index is 0. The molecule has 0 saturated heterocycles. The lowest BCUT2D eigenvalue weighted by atomic mass is 10.1. The third-order valence-electron chi connectivity index (χ3n) is 3.87. The Kier molecular flexibility index (Phi) is 12.5. The number of carbonyl (C=O) groups excluding carboxylic acids is 1. The highest BCUT2D eigenvalue weighted by molar-refractivity contribution is 14.0. The summed E-state index contributed by atoms with van der Waals surface area (Å²) in [6, 6.07) is 6.67. The minimum Gasteiger partial charge on any atom is -0.357 e. The van der Waals surface area contributed by atoms with E-state index in [0.717, 1.165) is 31.4 Å². The average molecular weight is 519 g/mol. The number of nitrogens with zero attached hydrogens (tertiary/aromatic N) is 3. The van der Waals surface area contributed by atoms with Crippen molar-refractivity contribution in [2.75, 3.05) is 26.7 Å². The van der Waals surface area contributed by atoms with Crippen LogP contribution in [0.3, 0.4) is 0 Å². The van der Waals surface area contributed by atoms with Crippen molar-refractivity contribution in [2.24, 2.45) is 4.99 Å². The molecule has 1 aromatic carbocycles. The van der Waals surface area contributed by atoms with Crippen LogP contribution in [0.1, 0.15) is 46.1 Å². The van der Waals surface area contributed by atoms with Gasteiger partial charge in [-0.2, -0.15) is 0 Å². The van der Waals surface area contributed by atoms with E-state index >= 15 is 0 Å². The Hall–Kier alpha value is -1.91. The first-order valence-electron chi connectivity index (χ1n) is 9.66. The maximum Gasteiger partial charge on any atom is 0.269 e. The second-order valence-electron chi connectivity index (χ2n) is 7.77. The number of nitro groups is 1. The van der Waals surface area contributed by atoms with Gasteiger partial charge in [-0.1, -0.05) is 12.1 Å². The number of aryl methyl sites for hydroxylation is 1. The van der Waals surface area contributed by atoms with Crippen molar-refractivity contribution in [2.45, 2.75) is 52.5 Å². The number of hydrogen-bond acceptors (Lipinski definition) is 4. The molecule has 0 unspecified atom stereocenters. The van der Waals surface area contributed by atoms with Gasteiger partial charge in [0, 0.05) is 37.8 Å². The minimum atomic E-state index is -0.390. The molecule has 0 radical (unpaired) electrons. The third kappa shape index (κ3) is 11.6. The van der Waals surface area contributed by atoms with E-state index in [2.05, 4.69) is 15.6 Å². The number of aliphatic imine (C=N–C) groups is 1. The first-order chi connectivity index (χ1) is 13.1. The van der Waals surface area contributed by atoms with Crippen molar-refractivity contribution in [1.29, 1.82) is 0 Å². The van der Waals surface area contributed by atoms with Crippen molar-refractivity contribution in [3.05, 3.63) is 39.9 Å². The molecule has 9 heteroatoms. The monoisotopic (exact) mass is 519 g/mol. The van der Waals surface area contributed by atoms with E-state index in [0.29, 0.717) is 12.5 Å². The predicted octanol–water partition coefficient (Wildman–Crippen LogP) is 3.35. The number of likely N-dealkylation sites (N-methyl/N-ethyl adjacent to an activating group) is 1. The topological polar surface area (TPSA) is 99.9 Å². The summed E-state index contributed by atoms with van der Waals surface area (Å²) in [5.41, 5.74) is 0.935. The molecule has 1 rings (SSSR count). The zero-order valence-corrected chi connectivity index (χ0v) is 20.4. The molecule has 0 atom stereocenters. The van der Waals surface area contributed by atoms with Gasteiger partial charge in [0.25, 0.3) is 5.69 Å². The van der Waals surface area contributed by atoms with Crippen molar-refractivity contribution >= 4 is 41.5 Å². The predicted molar refractivity (Wildman–Crippen MR) is 128 cm³/mol. The summed E-state index contributed by atoms with van der Waals surface area (Å²) < 4.78 is 0. The van der Waals surface area contributed by atoms with Crippen LogP contribution in [0.5, 0.6) is 0 Å². The van der Waals surface area contributed by atoms with Gasteiger partial charge in [-0.25, -0.2) is 0 Å². The average Bonchev–Trinajstić information content (AvgIpc) is 2.59. The molecule has 0 aromatic heterocycles. The van der Waals surface area contributed by atoms with Gasteiger partial charge in [0.1, 0.15) is 0 Å². The van der Waals surface area contributed by atoms with Gasteiger partial charge in [0.2, 0.25) is 5.91 Å². The Labute approximate surface area is 190 Å². The van der Waals surface area contributed by atoms with Gasteiger partial charge >= 0.3 is 0 Å². The first-order valence-corrected chi connectivity index (χ1v) is 9.66. The first kappa shape index (κ1) is 27.1. The Morgan fingerprint density at radius 2 is 1.83 bits per heavy atom. The summed E-state index contributed by atoms with van der Waals surface area (Å²) in [6.07, 6.45) is 2.69. The number of benzene rings is 1. The molecule has 0 spiro atoms. The molecule has 29 heavy (non-hydrogen) atoms. The summed E-state index contributed by atoms with van der Waals surface area (Å²) in [4.78, 5) is 28.8. The van der Waals surface area contributed by atoms with Gasteiger partial charge in [0.15, 0.2) is 5.96 Å². The van der Waals surface area contributed by atoms with Crippen LogP contribution in [0.4, 0.5) is 5.69 Å². The molecule has 0 aliphatic carbocycles. The van der Waals surface area contributed by atoms with Gasteiger partial charge in [-0.3, -0.25) is 19.9 Å². The molecule has 1 amide bonds. The van der Waals surface area contributed by atoms with Gasteiger partial charge in [-0.15, -0.1) is 24.0 Å². The second kappa shape index (κ2) is 13.3. The molecule has 8 nitrogen and oxygen atoms in total. The Morgan fingerprint density at radius 3 is 2.34 bits per heavy atom. The molecule has 0 saturated carbocycles. The molecule has 2 N–H and O–H groups in total. The molecule has 1 aromatic rings. The number of hydrogen-bond donors (Lipinski definition) is 2. The number of rotatable bonds is 9. The summed E-state index contributed by atoms with van der Waals surface area (Å²) in [7, 11) is 1.85. The zero-order valence-electron chi connectivity index (χ0n) is 18.0. The number of guanidine groups is 1. The lowest BCUT2D eigenvalue weighted by molar-refractivity contribution is -0.384. The van der Waals surface area contributed by atoms with Gasteiger partial charge < -0.3 is 15.5 Å². The molecule has 0 bridgehead atoms. The van der Waals surface area contributed by atoms with Crippen LogP contribution < -0.4 is 10.6 Å². The second-order valence-corrected chi connectivity index (χ2v) is 7.77. The van der Waals surface area contributed by atoms with E-state index in [1.807, 2.05) is 39.6 Å². The van der Waals surface area contributed by atoms with Crippen LogP contribution in [0.15, 0.2) is 29.3 Å². The molecule has 164 valence electrons. The lowest BCUT2D eigenvalue weighted by Gasteiger charge is -2.25. The van der Waals surface area contributed by atoms with E-state index in [1.165, 1.54) is 12.1 Å². The molecular formula is C20H34IN5O3. The third-order valence-corrected chi connectivity index (χ3v) is 3.87. The number of unbranched alkanes of at least 4 members (excludes halogenated alkanes) is 1. The highest BCUT2D eigenvalue weighted by Gasteiger charge is 2.16. The summed E-state index contributed by atoms with van der Waals surface area (Å²) in [5.74, 6) is 0.667. The SMILES string of the molecule is CCNC(=NCCCCc1ccc([N+](=O)[O-])cc1)N(C)CC(=O)NC(C)(C)C.I. The number of nitrogens with one attached hydrogen (secondary N) is 2. The number of amides is 1. The number of halogens is 1. The molecule has 0 fully saturated rings. The van der Waals surface area contributed by atoms with Gasteiger partial charge in [-0.05, 0) is 52.5 Å². The highest BCUT2D eigenvalue weighted by atomic mass is 127. The fraction of sp³-hybridized carbons (Fsp3) is 0.600. The van der Waals surface area contributed by atoms with Crippen LogP contribution in [-0.2, 0) is 11.2 Å². The van der Waals surface area contributed by atoms with E-state index in [1.54, 1.807) is 12.1 Å². The molecule has 0 aliphatic rings. The number of non-ortho nitro benzene ring substituents is 1. The molecule has 0 aliphatic heterocycles. The zero-order chi connectivity index (χ0) is 21.2. The van der Waals surface area contributed by atoms with E-state index in [4.69, 9.17) is 0 Å². The van der Waals surface area contributed by atoms with E-state index in [9.17, 15) is 14.9 Å². The highest BCUT2D eigenvalue weighted by Crippen LogP contribution is 2.13. The summed E-state index contributed by atoms with van der Waals surface area (Å²) >= 11 is 0. The van der Waals surface area contributed by atoms with Crippen molar-refractivity contribution in [3.63, 3.8) is 0 Å². The van der Waals surface area contributed by atoms with Crippen LogP contribution >= 0.6 is 24.0 Å². The quantitative estimate of drug-likeness (QED) is 0.130. The maximum absolute atomic E-state index is 12.1. The Balaban J connectivity index is 0.00000784. The lowest BCUT2D eigenvalue weighted by Crippen LogP contribution is -2.48. The number of carbonyl (C=O) groups is 1. The van der Waals surface area contributed by atoms with E-state index < -0.39 is 0 Å². The normalized spacial score (nSPS) is 11.4. The van der Waals surface area contributed by atoms with Crippen molar-refractivity contribution in [3.8, 4) is 0 Å². The standard InChI is InChI=1S/C20H33N5O3.HI/c1-6-21-19(24(5)15-18(26)23-20(2,3)4)22-14-8-7-9-16-10-12-17(13-11-16)25(27)28;/h10-13H,6-9,14-15H2,1-5H3,(H,21,22)(H,23,26);1H.